The molecule has 0 spiro atoms. The molecule has 1 atom stereocenters. The summed E-state index contributed by atoms with van der Waals surface area (Å²) < 4.78 is 81.4. The van der Waals surface area contributed by atoms with Crippen LogP contribution < -0.4 is 0 Å². The summed E-state index contributed by atoms with van der Waals surface area (Å²) in [6, 6.07) is 6.69. The van der Waals surface area contributed by atoms with Gasteiger partial charge in [-0.15, -0.1) is 0 Å². The van der Waals surface area contributed by atoms with Crippen molar-refractivity contribution in [2.24, 2.45) is 11.3 Å². The molecule has 1 saturated carbocycles. The van der Waals surface area contributed by atoms with Crippen LogP contribution in [0.5, 0.6) is 0 Å². The standard InChI is InChI=1S/C34H41Cl2F6N2O/c1-43(31(45)19-23-17-27(33(37,38)39)21-28(18-23)34(40,41)42)22-25(24-7-8-29(35)30(36)20-24)9-13-44-14-10-32(11-15-44,12-16-44)26-5-3-2-4-6-26/h7-8,17-18,20-21,25-26H,2-6,9-16,19,22H2,1H3/q+1/t25-,32?,44?/m1/s1. The molecule has 248 valence electrons. The number of amides is 1. The molecule has 3 nitrogen and oxygen atoms in total. The molecule has 1 amide bonds. The zero-order valence-electron chi connectivity index (χ0n) is 25.6. The Morgan fingerprint density at radius 2 is 1.47 bits per heavy atom. The molecule has 3 aliphatic heterocycles. The second-order valence-corrected chi connectivity index (χ2v) is 14.5. The second-order valence-electron chi connectivity index (χ2n) is 13.7. The van der Waals surface area contributed by atoms with Crippen molar-refractivity contribution in [3.8, 4) is 0 Å². The van der Waals surface area contributed by atoms with E-state index in [0.29, 0.717) is 27.6 Å². The van der Waals surface area contributed by atoms with Crippen LogP contribution in [0.25, 0.3) is 0 Å². The number of hydrogen-bond acceptors (Lipinski definition) is 1. The summed E-state index contributed by atoms with van der Waals surface area (Å²) in [5.41, 5.74) is -1.80. The lowest BCUT2D eigenvalue weighted by atomic mass is 9.59. The lowest BCUT2D eigenvalue weighted by Gasteiger charge is -2.58. The molecule has 0 aromatic heterocycles. The first kappa shape index (κ1) is 34.4. The van der Waals surface area contributed by atoms with Crippen LogP contribution >= 0.6 is 23.2 Å². The number of carbonyl (C=O) groups is 1. The van der Waals surface area contributed by atoms with Crippen LogP contribution in [0.1, 0.15) is 86.0 Å². The van der Waals surface area contributed by atoms with Gasteiger partial charge in [-0.3, -0.25) is 4.79 Å². The van der Waals surface area contributed by atoms with Crippen molar-refractivity contribution in [2.45, 2.75) is 82.5 Å². The van der Waals surface area contributed by atoms with E-state index < -0.39 is 35.8 Å². The molecule has 11 heteroatoms. The van der Waals surface area contributed by atoms with Crippen molar-refractivity contribution < 1.29 is 35.6 Å². The Bertz CT molecular complexity index is 1310. The monoisotopic (exact) mass is 677 g/mol. The van der Waals surface area contributed by atoms with Crippen molar-refractivity contribution in [1.29, 1.82) is 0 Å². The fourth-order valence-corrected chi connectivity index (χ4v) is 8.48. The zero-order chi connectivity index (χ0) is 32.6. The summed E-state index contributed by atoms with van der Waals surface area (Å²) >= 11 is 12.6. The smallest absolute Gasteiger partial charge is 0.345 e. The van der Waals surface area contributed by atoms with E-state index in [9.17, 15) is 31.1 Å². The van der Waals surface area contributed by atoms with Crippen LogP contribution in [0.4, 0.5) is 26.3 Å². The quantitative estimate of drug-likeness (QED) is 0.191. The molecule has 2 aromatic rings. The van der Waals surface area contributed by atoms with E-state index in [2.05, 4.69) is 0 Å². The largest absolute Gasteiger partial charge is 0.416 e. The number of piperidine rings is 3. The van der Waals surface area contributed by atoms with Crippen LogP contribution in [0.3, 0.4) is 0 Å². The molecule has 1 aliphatic carbocycles. The normalized spacial score (nSPS) is 24.9. The third kappa shape index (κ3) is 7.95. The summed E-state index contributed by atoms with van der Waals surface area (Å²) in [5.74, 6) is 0.148. The van der Waals surface area contributed by atoms with E-state index in [1.807, 2.05) is 6.07 Å². The Kier molecular flexibility index (Phi) is 10.1. The first-order valence-electron chi connectivity index (χ1n) is 15.9. The average molecular weight is 679 g/mol. The predicted octanol–water partition coefficient (Wildman–Crippen LogP) is 9.79. The predicted molar refractivity (Wildman–Crippen MR) is 164 cm³/mol. The van der Waals surface area contributed by atoms with Gasteiger partial charge >= 0.3 is 12.4 Å². The van der Waals surface area contributed by atoms with E-state index in [1.165, 1.54) is 63.3 Å². The fraction of sp³-hybridized carbons (Fsp3) is 0.618. The Labute approximate surface area is 271 Å². The number of rotatable bonds is 9. The maximum absolute atomic E-state index is 13.4. The first-order chi connectivity index (χ1) is 21.1. The first-order valence-corrected chi connectivity index (χ1v) is 16.7. The van der Waals surface area contributed by atoms with Gasteiger partial charge in [0, 0.05) is 45.2 Å². The molecule has 6 rings (SSSR count). The highest BCUT2D eigenvalue weighted by molar-refractivity contribution is 6.42. The zero-order valence-corrected chi connectivity index (χ0v) is 27.1. The van der Waals surface area contributed by atoms with Crippen molar-refractivity contribution in [3.63, 3.8) is 0 Å². The van der Waals surface area contributed by atoms with Crippen LogP contribution in [-0.2, 0) is 23.6 Å². The lowest BCUT2D eigenvalue weighted by Crippen LogP contribution is -2.63. The summed E-state index contributed by atoms with van der Waals surface area (Å²) in [6.07, 6.45) is 0.756. The minimum atomic E-state index is -4.98. The molecule has 0 radical (unpaired) electrons. The average Bonchev–Trinajstić information content (AvgIpc) is 3.01. The van der Waals surface area contributed by atoms with Gasteiger partial charge in [-0.25, -0.2) is 0 Å². The van der Waals surface area contributed by atoms with Gasteiger partial charge in [-0.05, 0) is 65.6 Å². The minimum absolute atomic E-state index is 0.0748. The molecule has 3 saturated heterocycles. The molecule has 45 heavy (non-hydrogen) atoms. The topological polar surface area (TPSA) is 20.3 Å². The highest BCUT2D eigenvalue weighted by Crippen LogP contribution is 2.53. The number of benzene rings is 2. The van der Waals surface area contributed by atoms with E-state index in [1.54, 1.807) is 12.1 Å². The summed E-state index contributed by atoms with van der Waals surface area (Å²) in [6.45, 7) is 4.62. The van der Waals surface area contributed by atoms with Crippen molar-refractivity contribution >= 4 is 29.1 Å². The number of likely N-dealkylation sites (N-methyl/N-ethyl adjacent to an activating group) is 1. The Morgan fingerprint density at radius 3 is 2.00 bits per heavy atom. The molecular weight excluding hydrogens is 637 g/mol. The summed E-state index contributed by atoms with van der Waals surface area (Å²) in [4.78, 5) is 14.7. The van der Waals surface area contributed by atoms with Crippen LogP contribution in [0.2, 0.25) is 10.0 Å². The molecule has 0 unspecified atom stereocenters. The third-order valence-electron chi connectivity index (χ3n) is 11.0. The van der Waals surface area contributed by atoms with Crippen LogP contribution in [-0.4, -0.2) is 55.1 Å². The highest BCUT2D eigenvalue weighted by atomic mass is 35.5. The van der Waals surface area contributed by atoms with Gasteiger partial charge in [-0.2, -0.15) is 26.3 Å². The molecule has 4 fully saturated rings. The Hall–Kier alpha value is -1.97. The molecule has 2 bridgehead atoms. The van der Waals surface area contributed by atoms with E-state index in [0.717, 1.165) is 48.6 Å². The Morgan fingerprint density at radius 1 is 0.889 bits per heavy atom. The third-order valence-corrected chi connectivity index (χ3v) is 11.8. The maximum atomic E-state index is 13.4. The van der Waals surface area contributed by atoms with E-state index in [-0.39, 0.29) is 24.1 Å². The van der Waals surface area contributed by atoms with Crippen molar-refractivity contribution in [3.05, 3.63) is 68.7 Å². The number of quaternary nitrogens is 1. The van der Waals surface area contributed by atoms with Gasteiger partial charge in [0.05, 0.1) is 53.8 Å². The molecular formula is C34H41Cl2F6N2O+. The van der Waals surface area contributed by atoms with Gasteiger partial charge in [0.25, 0.3) is 0 Å². The molecule has 3 heterocycles. The lowest BCUT2D eigenvalue weighted by molar-refractivity contribution is -0.946. The number of hydrogen-bond donors (Lipinski definition) is 0. The van der Waals surface area contributed by atoms with E-state index in [4.69, 9.17) is 23.2 Å². The van der Waals surface area contributed by atoms with Gasteiger partial charge < -0.3 is 9.38 Å². The molecule has 4 aliphatic rings. The van der Waals surface area contributed by atoms with Crippen LogP contribution in [0.15, 0.2) is 36.4 Å². The maximum Gasteiger partial charge on any atom is 0.416 e. The van der Waals surface area contributed by atoms with Gasteiger partial charge in [0.2, 0.25) is 5.91 Å². The SMILES string of the molecule is CN(C[C@@H](CC[N+]12CCC(C3CCCCC3)(CC1)CC2)c1ccc(Cl)c(Cl)c1)C(=O)Cc1cc(C(F)(F)F)cc(C(F)(F)F)c1. The van der Waals surface area contributed by atoms with Crippen molar-refractivity contribution in [1.82, 2.24) is 4.90 Å². The van der Waals surface area contributed by atoms with Gasteiger partial charge in [0.15, 0.2) is 0 Å². The Balaban J connectivity index is 1.29. The molecule has 2 aromatic carbocycles. The van der Waals surface area contributed by atoms with Crippen LogP contribution in [0, 0.1) is 11.3 Å². The van der Waals surface area contributed by atoms with Gasteiger partial charge in [0.1, 0.15) is 0 Å². The summed E-state index contributed by atoms with van der Waals surface area (Å²) in [5, 5.41) is 0.790. The molecule has 0 N–H and O–H groups in total. The number of fused-ring (bicyclic) bond motifs is 3. The minimum Gasteiger partial charge on any atom is -0.345 e. The highest BCUT2D eigenvalue weighted by Gasteiger charge is 2.52. The number of halogens is 8. The number of carbonyl (C=O) groups excluding carboxylic acids is 1. The number of nitrogens with zero attached hydrogens (tertiary/aromatic N) is 2. The fourth-order valence-electron chi connectivity index (χ4n) is 8.18. The summed E-state index contributed by atoms with van der Waals surface area (Å²) in [7, 11) is 1.54. The van der Waals surface area contributed by atoms with Gasteiger partial charge in [-0.1, -0.05) is 48.5 Å². The second kappa shape index (κ2) is 13.3. The number of alkyl halides is 6. The van der Waals surface area contributed by atoms with Crippen molar-refractivity contribution in [2.75, 3.05) is 39.8 Å². The van der Waals surface area contributed by atoms with E-state index >= 15 is 0 Å².